The average molecular weight is 91.5 g/mol. The summed E-state index contributed by atoms with van der Waals surface area (Å²) < 4.78 is 0. The van der Waals surface area contributed by atoms with Crippen molar-refractivity contribution in [2.45, 2.75) is 0 Å². The molecule has 0 rings (SSSR count). The van der Waals surface area contributed by atoms with E-state index in [9.17, 15) is 0 Å². The van der Waals surface area contributed by atoms with E-state index in [4.69, 9.17) is 16.7 Å². The first kappa shape index (κ1) is 4.83. The molecular formula is C3H4ClO. The van der Waals surface area contributed by atoms with Gasteiger partial charge >= 0.3 is 0 Å². The summed E-state index contributed by atoms with van der Waals surface area (Å²) in [5.41, 5.74) is 1.00. The molecule has 0 saturated heterocycles. The van der Waals surface area contributed by atoms with Gasteiger partial charge in [0.2, 0.25) is 0 Å². The summed E-state index contributed by atoms with van der Waals surface area (Å²) in [6.07, 6.45) is 0. The maximum atomic E-state index is 7.98. The SMILES string of the molecule is [CH2]C(O)=CCl. The molecule has 0 aromatic rings. The molecule has 2 heteroatoms. The van der Waals surface area contributed by atoms with Crippen molar-refractivity contribution >= 4 is 11.6 Å². The van der Waals surface area contributed by atoms with E-state index in [0.717, 1.165) is 5.54 Å². The molecule has 0 aliphatic heterocycles. The molecule has 1 nitrogen and oxygen atoms in total. The van der Waals surface area contributed by atoms with Gasteiger partial charge in [-0.05, 0) is 0 Å². The minimum atomic E-state index is -0.105. The van der Waals surface area contributed by atoms with Gasteiger partial charge in [0.15, 0.2) is 0 Å². The third-order valence-electron chi connectivity index (χ3n) is 0.126. The molecule has 0 fully saturated rings. The number of allylic oxidation sites excluding steroid dienone is 1. The largest absolute Gasteiger partial charge is 0.511 e. The summed E-state index contributed by atoms with van der Waals surface area (Å²) in [6.45, 7) is 3.04. The minimum Gasteiger partial charge on any atom is -0.511 e. The fourth-order valence-corrected chi connectivity index (χ4v) is 0. The van der Waals surface area contributed by atoms with Crippen LogP contribution in [0.5, 0.6) is 0 Å². The molecule has 0 bridgehead atoms. The molecule has 0 saturated carbocycles. The highest BCUT2D eigenvalue weighted by molar-refractivity contribution is 6.25. The topological polar surface area (TPSA) is 20.2 Å². The van der Waals surface area contributed by atoms with Crippen molar-refractivity contribution in [1.29, 1.82) is 0 Å². The van der Waals surface area contributed by atoms with Crippen molar-refractivity contribution < 1.29 is 5.11 Å². The zero-order chi connectivity index (χ0) is 4.28. The van der Waals surface area contributed by atoms with Crippen molar-refractivity contribution in [2.24, 2.45) is 0 Å². The smallest absolute Gasteiger partial charge is 0.104 e. The molecule has 0 atom stereocenters. The van der Waals surface area contributed by atoms with E-state index in [2.05, 4.69) is 6.92 Å². The maximum Gasteiger partial charge on any atom is 0.104 e. The van der Waals surface area contributed by atoms with Gasteiger partial charge in [-0.3, -0.25) is 0 Å². The predicted molar refractivity (Wildman–Crippen MR) is 21.9 cm³/mol. The summed E-state index contributed by atoms with van der Waals surface area (Å²) in [4.78, 5) is 0. The highest BCUT2D eigenvalue weighted by Gasteiger charge is 1.66. The quantitative estimate of drug-likeness (QED) is 0.448. The number of halogens is 1. The zero-order valence-corrected chi connectivity index (χ0v) is 3.37. The predicted octanol–water partition coefficient (Wildman–Crippen LogP) is 1.46. The van der Waals surface area contributed by atoms with Crippen LogP contribution in [0.1, 0.15) is 0 Å². The van der Waals surface area contributed by atoms with Gasteiger partial charge < -0.3 is 5.11 Å². The zero-order valence-electron chi connectivity index (χ0n) is 2.61. The van der Waals surface area contributed by atoms with Crippen LogP contribution in [0.3, 0.4) is 0 Å². The van der Waals surface area contributed by atoms with Crippen LogP contribution in [-0.4, -0.2) is 5.11 Å². The van der Waals surface area contributed by atoms with E-state index in [1.807, 2.05) is 0 Å². The van der Waals surface area contributed by atoms with Gasteiger partial charge in [-0.1, -0.05) is 11.6 Å². The third kappa shape index (κ3) is 3.83. The third-order valence-corrected chi connectivity index (χ3v) is 0.378. The molecule has 0 aliphatic rings. The van der Waals surface area contributed by atoms with Crippen molar-refractivity contribution in [1.82, 2.24) is 0 Å². The monoisotopic (exact) mass is 91.0 g/mol. The Bertz CT molecular complexity index is 44.9. The van der Waals surface area contributed by atoms with Gasteiger partial charge in [-0.2, -0.15) is 0 Å². The number of aliphatic hydroxyl groups is 1. The molecule has 0 spiro atoms. The molecular weight excluding hydrogens is 87.5 g/mol. The van der Waals surface area contributed by atoms with Crippen LogP contribution >= 0.6 is 11.6 Å². The molecule has 0 heterocycles. The summed E-state index contributed by atoms with van der Waals surface area (Å²) in [7, 11) is 0. The van der Waals surface area contributed by atoms with E-state index in [1.165, 1.54) is 0 Å². The Hall–Kier alpha value is -0.170. The average Bonchev–Trinajstić information content (AvgIpc) is 1.38. The van der Waals surface area contributed by atoms with E-state index in [1.54, 1.807) is 0 Å². The second-order valence-electron chi connectivity index (χ2n) is 0.600. The van der Waals surface area contributed by atoms with Crippen molar-refractivity contribution in [3.8, 4) is 0 Å². The van der Waals surface area contributed by atoms with Gasteiger partial charge in [-0.25, -0.2) is 0 Å². The van der Waals surface area contributed by atoms with E-state index >= 15 is 0 Å². The van der Waals surface area contributed by atoms with E-state index in [-0.39, 0.29) is 5.76 Å². The number of hydrogen-bond acceptors (Lipinski definition) is 1. The van der Waals surface area contributed by atoms with Crippen molar-refractivity contribution in [3.63, 3.8) is 0 Å². The van der Waals surface area contributed by atoms with Crippen LogP contribution < -0.4 is 0 Å². The fraction of sp³-hybridized carbons (Fsp3) is 0. The molecule has 0 amide bonds. The Kier molecular flexibility index (Phi) is 2.02. The second kappa shape index (κ2) is 2.09. The lowest BCUT2D eigenvalue weighted by molar-refractivity contribution is 0.432. The Balaban J connectivity index is 3.14. The van der Waals surface area contributed by atoms with Crippen LogP contribution in [0.25, 0.3) is 0 Å². The first-order chi connectivity index (χ1) is 2.27. The highest BCUT2D eigenvalue weighted by atomic mass is 35.5. The maximum absolute atomic E-state index is 7.98. The van der Waals surface area contributed by atoms with Crippen LogP contribution in [0.2, 0.25) is 0 Å². The van der Waals surface area contributed by atoms with Gasteiger partial charge in [0.1, 0.15) is 5.76 Å². The lowest BCUT2D eigenvalue weighted by Crippen LogP contribution is -1.59. The number of aliphatic hydroxyl groups excluding tert-OH is 1. The van der Waals surface area contributed by atoms with Crippen molar-refractivity contribution in [2.75, 3.05) is 0 Å². The molecule has 0 aliphatic carbocycles. The van der Waals surface area contributed by atoms with E-state index < -0.39 is 0 Å². The lowest BCUT2D eigenvalue weighted by atomic mass is 10.7. The number of hydrogen-bond donors (Lipinski definition) is 1. The Morgan fingerprint density at radius 2 is 2.20 bits per heavy atom. The number of rotatable bonds is 0. The second-order valence-corrected chi connectivity index (χ2v) is 0.819. The lowest BCUT2D eigenvalue weighted by Gasteiger charge is -1.73. The first-order valence-electron chi connectivity index (χ1n) is 1.08. The molecule has 29 valence electrons. The highest BCUT2D eigenvalue weighted by Crippen LogP contribution is 1.83. The van der Waals surface area contributed by atoms with Crippen molar-refractivity contribution in [3.05, 3.63) is 18.2 Å². The van der Waals surface area contributed by atoms with Crippen LogP contribution in [-0.2, 0) is 0 Å². The van der Waals surface area contributed by atoms with Gasteiger partial charge in [0.05, 0.1) is 0 Å². The summed E-state index contributed by atoms with van der Waals surface area (Å²) >= 11 is 4.86. The summed E-state index contributed by atoms with van der Waals surface area (Å²) in [5, 5.41) is 7.98. The van der Waals surface area contributed by atoms with Crippen LogP contribution in [0, 0.1) is 6.92 Å². The van der Waals surface area contributed by atoms with Crippen LogP contribution in [0.15, 0.2) is 11.3 Å². The molecule has 1 N–H and O–H groups in total. The normalized spacial score (nSPS) is 12.0. The molecule has 5 heavy (non-hydrogen) atoms. The van der Waals surface area contributed by atoms with Gasteiger partial charge in [0.25, 0.3) is 0 Å². The molecule has 1 radical (unpaired) electrons. The van der Waals surface area contributed by atoms with Gasteiger partial charge in [-0.15, -0.1) is 0 Å². The van der Waals surface area contributed by atoms with E-state index in [0.29, 0.717) is 0 Å². The standard InChI is InChI=1S/C3H4ClO/c1-3(5)2-4/h2,5H,1H2. The summed E-state index contributed by atoms with van der Waals surface area (Å²) in [6, 6.07) is 0. The van der Waals surface area contributed by atoms with Crippen LogP contribution in [0.4, 0.5) is 0 Å². The Morgan fingerprint density at radius 3 is 2.20 bits per heavy atom. The fourth-order valence-electron chi connectivity index (χ4n) is 0. The molecule has 0 aromatic heterocycles. The minimum absolute atomic E-state index is 0.105. The Labute approximate surface area is 35.9 Å². The Morgan fingerprint density at radius 1 is 2.00 bits per heavy atom. The van der Waals surface area contributed by atoms with Gasteiger partial charge in [0, 0.05) is 12.5 Å². The summed E-state index contributed by atoms with van der Waals surface area (Å²) in [5.74, 6) is -0.105. The molecule has 0 unspecified atom stereocenters. The first-order valence-corrected chi connectivity index (χ1v) is 1.52. The molecule has 0 aromatic carbocycles.